The topological polar surface area (TPSA) is 46.2 Å². The summed E-state index contributed by atoms with van der Waals surface area (Å²) in [4.78, 5) is 22.6. The Kier molecular flexibility index (Phi) is 5.22. The predicted octanol–water partition coefficient (Wildman–Crippen LogP) is 2.64. The lowest BCUT2D eigenvalue weighted by molar-refractivity contribution is -0.116. The van der Waals surface area contributed by atoms with Crippen molar-refractivity contribution in [3.8, 4) is 0 Å². The van der Waals surface area contributed by atoms with Gasteiger partial charge >= 0.3 is 0 Å². The van der Waals surface area contributed by atoms with Crippen LogP contribution in [0.4, 0.5) is 5.69 Å². The summed E-state index contributed by atoms with van der Waals surface area (Å²) < 4.78 is 0. The van der Waals surface area contributed by atoms with Gasteiger partial charge in [0.15, 0.2) is 0 Å². The lowest BCUT2D eigenvalue weighted by Crippen LogP contribution is -2.18. The summed E-state index contributed by atoms with van der Waals surface area (Å²) in [5, 5.41) is 2.68. The second kappa shape index (κ2) is 6.45. The summed E-state index contributed by atoms with van der Waals surface area (Å²) in [7, 11) is 0. The summed E-state index contributed by atoms with van der Waals surface area (Å²) in [6, 6.07) is 7.64. The number of benzene rings is 1. The molecule has 0 aliphatic rings. The molecule has 3 nitrogen and oxygen atoms in total. The minimum Gasteiger partial charge on any atom is -0.325 e. The van der Waals surface area contributed by atoms with Gasteiger partial charge in [-0.2, -0.15) is 0 Å². The SMILES string of the molecule is CC(=O)C(C)SCC(=O)Nc1cccc(C)c1. The molecule has 0 saturated heterocycles. The zero-order valence-electron chi connectivity index (χ0n) is 10.3. The number of amides is 1. The van der Waals surface area contributed by atoms with Crippen LogP contribution in [0.25, 0.3) is 0 Å². The van der Waals surface area contributed by atoms with Crippen LogP contribution in [0.2, 0.25) is 0 Å². The standard InChI is InChI=1S/C13H17NO2S/c1-9-5-4-6-12(7-9)14-13(16)8-17-11(3)10(2)15/h4-7,11H,8H2,1-3H3,(H,14,16). The maximum atomic E-state index is 11.6. The molecule has 0 aromatic heterocycles. The number of ketones is 1. The van der Waals surface area contributed by atoms with Crippen LogP contribution in [0.5, 0.6) is 0 Å². The van der Waals surface area contributed by atoms with Crippen molar-refractivity contribution in [2.45, 2.75) is 26.0 Å². The highest BCUT2D eigenvalue weighted by molar-refractivity contribution is 8.01. The van der Waals surface area contributed by atoms with Crippen molar-refractivity contribution < 1.29 is 9.59 Å². The molecule has 0 spiro atoms. The van der Waals surface area contributed by atoms with Crippen molar-refractivity contribution in [1.82, 2.24) is 0 Å². The van der Waals surface area contributed by atoms with Crippen LogP contribution in [0.1, 0.15) is 19.4 Å². The fourth-order valence-electron chi connectivity index (χ4n) is 1.24. The van der Waals surface area contributed by atoms with Crippen LogP contribution in [0, 0.1) is 6.92 Å². The average molecular weight is 251 g/mol. The number of carbonyl (C=O) groups excluding carboxylic acids is 2. The highest BCUT2D eigenvalue weighted by Crippen LogP contribution is 2.13. The molecule has 0 bridgehead atoms. The summed E-state index contributed by atoms with van der Waals surface area (Å²) in [6.45, 7) is 5.32. The van der Waals surface area contributed by atoms with Gasteiger partial charge in [0.1, 0.15) is 5.78 Å². The molecule has 0 heterocycles. The van der Waals surface area contributed by atoms with E-state index in [1.807, 2.05) is 38.1 Å². The molecule has 0 radical (unpaired) electrons. The third-order valence-electron chi connectivity index (χ3n) is 2.34. The van der Waals surface area contributed by atoms with E-state index in [1.165, 1.54) is 18.7 Å². The van der Waals surface area contributed by atoms with Gasteiger partial charge in [-0.25, -0.2) is 0 Å². The summed E-state index contributed by atoms with van der Waals surface area (Å²) in [6.07, 6.45) is 0. The Bertz CT molecular complexity index is 418. The number of hydrogen-bond donors (Lipinski definition) is 1. The maximum Gasteiger partial charge on any atom is 0.234 e. The molecule has 1 atom stereocenters. The van der Waals surface area contributed by atoms with E-state index in [-0.39, 0.29) is 16.9 Å². The minimum atomic E-state index is -0.127. The molecular formula is C13H17NO2S. The Morgan fingerprint density at radius 3 is 2.71 bits per heavy atom. The summed E-state index contributed by atoms with van der Waals surface area (Å²) in [5.41, 5.74) is 1.90. The first kappa shape index (κ1) is 13.8. The molecule has 1 unspecified atom stereocenters. The first-order valence-corrected chi connectivity index (χ1v) is 6.52. The summed E-state index contributed by atoms with van der Waals surface area (Å²) >= 11 is 1.35. The number of Topliss-reactive ketones (excluding diaryl/α,β-unsaturated/α-hetero) is 1. The quantitative estimate of drug-likeness (QED) is 0.875. The Hall–Kier alpha value is -1.29. The van der Waals surface area contributed by atoms with Crippen molar-refractivity contribution in [3.63, 3.8) is 0 Å². The minimum absolute atomic E-state index is 0.0753. The number of hydrogen-bond acceptors (Lipinski definition) is 3. The van der Waals surface area contributed by atoms with Crippen LogP contribution in [-0.4, -0.2) is 22.7 Å². The third-order valence-corrected chi connectivity index (χ3v) is 3.60. The fraction of sp³-hybridized carbons (Fsp3) is 0.385. The Balaban J connectivity index is 2.42. The Morgan fingerprint density at radius 1 is 1.41 bits per heavy atom. The van der Waals surface area contributed by atoms with Gasteiger partial charge in [-0.3, -0.25) is 9.59 Å². The van der Waals surface area contributed by atoms with E-state index in [4.69, 9.17) is 0 Å². The van der Waals surface area contributed by atoms with E-state index in [0.29, 0.717) is 5.75 Å². The lowest BCUT2D eigenvalue weighted by Gasteiger charge is -2.08. The zero-order valence-corrected chi connectivity index (χ0v) is 11.1. The molecule has 92 valence electrons. The van der Waals surface area contributed by atoms with Crippen molar-refractivity contribution in [1.29, 1.82) is 0 Å². The van der Waals surface area contributed by atoms with Crippen LogP contribution < -0.4 is 5.32 Å². The van der Waals surface area contributed by atoms with Gasteiger partial charge < -0.3 is 5.32 Å². The molecule has 1 aromatic carbocycles. The molecule has 4 heteroatoms. The first-order chi connectivity index (χ1) is 7.99. The van der Waals surface area contributed by atoms with Gasteiger partial charge in [0.05, 0.1) is 11.0 Å². The molecular weight excluding hydrogens is 234 g/mol. The van der Waals surface area contributed by atoms with Crippen LogP contribution >= 0.6 is 11.8 Å². The molecule has 1 rings (SSSR count). The molecule has 0 aliphatic heterocycles. The number of rotatable bonds is 5. The second-order valence-corrected chi connectivity index (χ2v) is 5.31. The molecule has 17 heavy (non-hydrogen) atoms. The van der Waals surface area contributed by atoms with Crippen molar-refractivity contribution in [2.75, 3.05) is 11.1 Å². The zero-order chi connectivity index (χ0) is 12.8. The number of nitrogens with one attached hydrogen (secondary N) is 1. The number of anilines is 1. The van der Waals surface area contributed by atoms with Crippen molar-refractivity contribution >= 4 is 29.1 Å². The fourth-order valence-corrected chi connectivity index (χ4v) is 1.95. The number of thioether (sulfide) groups is 1. The highest BCUT2D eigenvalue weighted by atomic mass is 32.2. The van der Waals surface area contributed by atoms with E-state index >= 15 is 0 Å². The maximum absolute atomic E-state index is 11.6. The smallest absolute Gasteiger partial charge is 0.234 e. The molecule has 1 aromatic rings. The molecule has 0 fully saturated rings. The Morgan fingerprint density at radius 2 is 2.12 bits per heavy atom. The van der Waals surface area contributed by atoms with E-state index in [1.54, 1.807) is 0 Å². The molecule has 1 amide bonds. The lowest BCUT2D eigenvalue weighted by atomic mass is 10.2. The van der Waals surface area contributed by atoms with E-state index in [9.17, 15) is 9.59 Å². The van der Waals surface area contributed by atoms with E-state index in [0.717, 1.165) is 11.3 Å². The van der Waals surface area contributed by atoms with E-state index in [2.05, 4.69) is 5.32 Å². The molecule has 0 saturated carbocycles. The van der Waals surface area contributed by atoms with Crippen molar-refractivity contribution in [3.05, 3.63) is 29.8 Å². The molecule has 0 aliphatic carbocycles. The first-order valence-electron chi connectivity index (χ1n) is 5.47. The van der Waals surface area contributed by atoms with Crippen LogP contribution in [0.3, 0.4) is 0 Å². The van der Waals surface area contributed by atoms with Gasteiger partial charge in [-0.15, -0.1) is 11.8 Å². The normalized spacial score (nSPS) is 11.9. The monoisotopic (exact) mass is 251 g/mol. The van der Waals surface area contributed by atoms with Crippen LogP contribution in [0.15, 0.2) is 24.3 Å². The highest BCUT2D eigenvalue weighted by Gasteiger charge is 2.10. The van der Waals surface area contributed by atoms with Gasteiger partial charge in [-0.05, 0) is 38.5 Å². The average Bonchev–Trinajstić information content (AvgIpc) is 2.25. The van der Waals surface area contributed by atoms with Crippen molar-refractivity contribution in [2.24, 2.45) is 0 Å². The molecule has 1 N–H and O–H groups in total. The predicted molar refractivity (Wildman–Crippen MR) is 72.4 cm³/mol. The Labute approximate surface area is 106 Å². The van der Waals surface area contributed by atoms with Gasteiger partial charge in [-0.1, -0.05) is 12.1 Å². The summed E-state index contributed by atoms with van der Waals surface area (Å²) in [5.74, 6) is 0.321. The number of aryl methyl sites for hydroxylation is 1. The third kappa shape index (κ3) is 5.04. The second-order valence-electron chi connectivity index (χ2n) is 3.98. The van der Waals surface area contributed by atoms with Crippen LogP contribution in [-0.2, 0) is 9.59 Å². The van der Waals surface area contributed by atoms with Gasteiger partial charge in [0.25, 0.3) is 0 Å². The largest absolute Gasteiger partial charge is 0.325 e. The van der Waals surface area contributed by atoms with E-state index < -0.39 is 0 Å². The number of carbonyl (C=O) groups is 2. The van der Waals surface area contributed by atoms with Gasteiger partial charge in [0, 0.05) is 5.69 Å². The van der Waals surface area contributed by atoms with Gasteiger partial charge in [0.2, 0.25) is 5.91 Å².